The number of benzene rings is 1. The maximum absolute atomic E-state index is 6.20. The Labute approximate surface area is 112 Å². The zero-order chi connectivity index (χ0) is 12.5. The van der Waals surface area contributed by atoms with Crippen molar-refractivity contribution >= 4 is 11.6 Å². The van der Waals surface area contributed by atoms with Gasteiger partial charge in [0, 0.05) is 18.8 Å². The Balaban J connectivity index is 1.80. The van der Waals surface area contributed by atoms with E-state index in [0.717, 1.165) is 22.9 Å². The Hall–Kier alpha value is -1.32. The molecular formula is C14H16ClN3. The summed E-state index contributed by atoms with van der Waals surface area (Å²) in [5, 5.41) is 8.73. The maximum Gasteiger partial charge on any atom is 0.0834 e. The van der Waals surface area contributed by atoms with E-state index < -0.39 is 0 Å². The van der Waals surface area contributed by atoms with E-state index in [9.17, 15) is 0 Å². The van der Waals surface area contributed by atoms with Crippen molar-refractivity contribution in [2.24, 2.45) is 0 Å². The summed E-state index contributed by atoms with van der Waals surface area (Å²) in [6, 6.07) is 8.71. The van der Waals surface area contributed by atoms with Crippen molar-refractivity contribution in [3.8, 4) is 5.69 Å². The highest BCUT2D eigenvalue weighted by molar-refractivity contribution is 6.32. The van der Waals surface area contributed by atoms with Crippen molar-refractivity contribution in [3.05, 3.63) is 46.7 Å². The van der Waals surface area contributed by atoms with Crippen LogP contribution in [0.3, 0.4) is 0 Å². The second kappa shape index (κ2) is 4.75. The molecule has 3 nitrogen and oxygen atoms in total. The van der Waals surface area contributed by atoms with E-state index in [1.807, 2.05) is 35.1 Å². The summed E-state index contributed by atoms with van der Waals surface area (Å²) in [6.45, 7) is 2.89. The predicted octanol–water partition coefficient (Wildman–Crippen LogP) is 3.09. The van der Waals surface area contributed by atoms with Crippen LogP contribution in [0.1, 0.15) is 24.1 Å². The number of hydrogen-bond donors (Lipinski definition) is 1. The summed E-state index contributed by atoms with van der Waals surface area (Å²) in [4.78, 5) is 0. The van der Waals surface area contributed by atoms with Crippen LogP contribution in [0.5, 0.6) is 0 Å². The molecule has 4 heteroatoms. The van der Waals surface area contributed by atoms with Crippen LogP contribution < -0.4 is 5.32 Å². The molecule has 94 valence electrons. The number of aromatic nitrogens is 2. The summed E-state index contributed by atoms with van der Waals surface area (Å²) in [5.41, 5.74) is 3.18. The van der Waals surface area contributed by atoms with E-state index in [1.54, 1.807) is 0 Å². The molecule has 1 heterocycles. The van der Waals surface area contributed by atoms with Crippen LogP contribution in [0.2, 0.25) is 5.02 Å². The first-order valence-electron chi connectivity index (χ1n) is 6.27. The summed E-state index contributed by atoms with van der Waals surface area (Å²) >= 11 is 6.20. The third-order valence-electron chi connectivity index (χ3n) is 3.14. The molecule has 0 unspecified atom stereocenters. The van der Waals surface area contributed by atoms with Crippen molar-refractivity contribution in [2.45, 2.75) is 32.4 Å². The largest absolute Gasteiger partial charge is 0.308 e. The Morgan fingerprint density at radius 2 is 2.22 bits per heavy atom. The van der Waals surface area contributed by atoms with Crippen LogP contribution in [-0.4, -0.2) is 15.8 Å². The van der Waals surface area contributed by atoms with Crippen molar-refractivity contribution in [1.82, 2.24) is 15.1 Å². The quantitative estimate of drug-likeness (QED) is 0.917. The third kappa shape index (κ3) is 2.57. The van der Waals surface area contributed by atoms with Gasteiger partial charge >= 0.3 is 0 Å². The molecule has 1 saturated carbocycles. The van der Waals surface area contributed by atoms with Crippen LogP contribution in [0.4, 0.5) is 0 Å². The molecule has 1 aliphatic carbocycles. The summed E-state index contributed by atoms with van der Waals surface area (Å²) in [6.07, 6.45) is 4.55. The molecule has 18 heavy (non-hydrogen) atoms. The second-order valence-corrected chi connectivity index (χ2v) is 5.27. The molecule has 0 atom stereocenters. The molecule has 0 saturated heterocycles. The smallest absolute Gasteiger partial charge is 0.0834 e. The van der Waals surface area contributed by atoms with Gasteiger partial charge < -0.3 is 5.32 Å². The average molecular weight is 262 g/mol. The summed E-state index contributed by atoms with van der Waals surface area (Å²) < 4.78 is 1.85. The van der Waals surface area contributed by atoms with E-state index in [-0.39, 0.29) is 0 Å². The van der Waals surface area contributed by atoms with Gasteiger partial charge in [-0.3, -0.25) is 0 Å². The Morgan fingerprint density at radius 3 is 3.00 bits per heavy atom. The third-order valence-corrected chi connectivity index (χ3v) is 3.46. The number of aryl methyl sites for hydroxylation is 1. The van der Waals surface area contributed by atoms with Crippen molar-refractivity contribution < 1.29 is 0 Å². The van der Waals surface area contributed by atoms with E-state index >= 15 is 0 Å². The first kappa shape index (κ1) is 11.8. The minimum Gasteiger partial charge on any atom is -0.308 e. The molecule has 1 N–H and O–H groups in total. The molecule has 0 bridgehead atoms. The summed E-state index contributed by atoms with van der Waals surface area (Å²) in [5.74, 6) is 0. The van der Waals surface area contributed by atoms with Gasteiger partial charge in [-0.1, -0.05) is 17.7 Å². The molecular weight excluding hydrogens is 246 g/mol. The standard InChI is InChI=1S/C14H16ClN3/c1-10-2-5-13(15)14(8-10)18-7-6-12(17-18)9-16-11-3-4-11/h2,5-8,11,16H,3-4,9H2,1H3. The number of hydrogen-bond acceptors (Lipinski definition) is 2. The van der Waals surface area contributed by atoms with E-state index in [1.165, 1.54) is 18.4 Å². The van der Waals surface area contributed by atoms with Gasteiger partial charge in [0.05, 0.1) is 16.4 Å². The number of halogens is 1. The molecule has 0 amide bonds. The van der Waals surface area contributed by atoms with Gasteiger partial charge in [0.1, 0.15) is 0 Å². The lowest BCUT2D eigenvalue weighted by atomic mass is 10.2. The van der Waals surface area contributed by atoms with Gasteiger partial charge in [-0.05, 0) is 43.5 Å². The summed E-state index contributed by atoms with van der Waals surface area (Å²) in [7, 11) is 0. The van der Waals surface area contributed by atoms with Crippen LogP contribution in [0, 0.1) is 6.92 Å². The molecule has 3 rings (SSSR count). The minimum atomic E-state index is 0.706. The van der Waals surface area contributed by atoms with Gasteiger partial charge in [0.25, 0.3) is 0 Å². The highest BCUT2D eigenvalue weighted by atomic mass is 35.5. The van der Waals surface area contributed by atoms with Gasteiger partial charge in [0.15, 0.2) is 0 Å². The number of nitrogens with zero attached hydrogens (tertiary/aromatic N) is 2. The molecule has 0 aliphatic heterocycles. The van der Waals surface area contributed by atoms with Crippen LogP contribution in [0.15, 0.2) is 30.5 Å². The van der Waals surface area contributed by atoms with E-state index in [2.05, 4.69) is 17.3 Å². The highest BCUT2D eigenvalue weighted by Crippen LogP contribution is 2.22. The van der Waals surface area contributed by atoms with Crippen molar-refractivity contribution in [1.29, 1.82) is 0 Å². The van der Waals surface area contributed by atoms with E-state index in [4.69, 9.17) is 11.6 Å². The topological polar surface area (TPSA) is 29.9 Å². The van der Waals surface area contributed by atoms with Gasteiger partial charge in [-0.15, -0.1) is 0 Å². The fraction of sp³-hybridized carbons (Fsp3) is 0.357. The first-order chi connectivity index (χ1) is 8.72. The van der Waals surface area contributed by atoms with Crippen LogP contribution in [-0.2, 0) is 6.54 Å². The first-order valence-corrected chi connectivity index (χ1v) is 6.64. The minimum absolute atomic E-state index is 0.706. The van der Waals surface area contributed by atoms with Crippen molar-refractivity contribution in [3.63, 3.8) is 0 Å². The molecule has 1 aromatic carbocycles. The SMILES string of the molecule is Cc1ccc(Cl)c(-n2ccc(CNC3CC3)n2)c1. The Bertz CT molecular complexity index is 558. The predicted molar refractivity (Wildman–Crippen MR) is 73.2 cm³/mol. The van der Waals surface area contributed by atoms with Gasteiger partial charge in [-0.25, -0.2) is 4.68 Å². The van der Waals surface area contributed by atoms with Gasteiger partial charge in [0.2, 0.25) is 0 Å². The molecule has 1 aliphatic rings. The fourth-order valence-corrected chi connectivity index (χ4v) is 2.13. The highest BCUT2D eigenvalue weighted by Gasteiger charge is 2.20. The zero-order valence-corrected chi connectivity index (χ0v) is 11.1. The Morgan fingerprint density at radius 1 is 1.39 bits per heavy atom. The van der Waals surface area contributed by atoms with Gasteiger partial charge in [-0.2, -0.15) is 5.10 Å². The Kier molecular flexibility index (Phi) is 3.10. The van der Waals surface area contributed by atoms with Crippen molar-refractivity contribution in [2.75, 3.05) is 0 Å². The van der Waals surface area contributed by atoms with Crippen LogP contribution >= 0.6 is 11.6 Å². The lowest BCUT2D eigenvalue weighted by Gasteiger charge is -2.05. The molecule has 1 aromatic heterocycles. The van der Waals surface area contributed by atoms with E-state index in [0.29, 0.717) is 6.04 Å². The lowest BCUT2D eigenvalue weighted by Crippen LogP contribution is -2.15. The normalized spacial score (nSPS) is 15.0. The average Bonchev–Trinajstić information content (AvgIpc) is 3.08. The maximum atomic E-state index is 6.20. The zero-order valence-electron chi connectivity index (χ0n) is 10.4. The second-order valence-electron chi connectivity index (χ2n) is 4.86. The molecule has 2 aromatic rings. The van der Waals surface area contributed by atoms with Crippen LogP contribution in [0.25, 0.3) is 5.69 Å². The number of rotatable bonds is 4. The number of nitrogens with one attached hydrogen (secondary N) is 1. The molecule has 0 radical (unpaired) electrons. The lowest BCUT2D eigenvalue weighted by molar-refractivity contribution is 0.665. The molecule has 0 spiro atoms. The fourth-order valence-electron chi connectivity index (χ4n) is 1.92. The molecule has 1 fully saturated rings. The monoisotopic (exact) mass is 261 g/mol.